The number of likely N-dealkylation sites (tertiary alicyclic amines) is 1. The van der Waals surface area contributed by atoms with Gasteiger partial charge in [-0.1, -0.05) is 53.6 Å². The van der Waals surface area contributed by atoms with Crippen LogP contribution in [0.2, 0.25) is 5.02 Å². The summed E-state index contributed by atoms with van der Waals surface area (Å²) in [5, 5.41) is 11.5. The van der Waals surface area contributed by atoms with Gasteiger partial charge in [0.1, 0.15) is 5.76 Å². The van der Waals surface area contributed by atoms with Gasteiger partial charge in [0, 0.05) is 30.8 Å². The van der Waals surface area contributed by atoms with Crippen molar-refractivity contribution >= 4 is 29.1 Å². The van der Waals surface area contributed by atoms with Crippen molar-refractivity contribution in [3.05, 3.63) is 75.8 Å². The van der Waals surface area contributed by atoms with Gasteiger partial charge < -0.3 is 14.7 Å². The molecule has 0 aromatic heterocycles. The number of aliphatic hydroxyl groups excluding tert-OH is 1. The van der Waals surface area contributed by atoms with Crippen LogP contribution in [0.25, 0.3) is 5.76 Å². The molecule has 1 atom stereocenters. The molecule has 1 aliphatic heterocycles. The summed E-state index contributed by atoms with van der Waals surface area (Å²) in [5.41, 5.74) is 2.34. The van der Waals surface area contributed by atoms with E-state index in [4.69, 9.17) is 16.3 Å². The van der Waals surface area contributed by atoms with Crippen LogP contribution in [0.5, 0.6) is 0 Å². The fraction of sp³-hybridized carbons (Fsp3) is 0.273. The zero-order valence-corrected chi connectivity index (χ0v) is 16.6. The highest BCUT2D eigenvalue weighted by atomic mass is 35.5. The van der Waals surface area contributed by atoms with Crippen LogP contribution in [0.3, 0.4) is 0 Å². The standard InChI is InChI=1S/C22H22ClNO4/c1-14-4-6-16(7-5-14)20(25)18-19(15-8-10-17(23)11-9-15)24(12-3-13-28-2)22(27)21(18)26/h4-11,19,25H,3,12-13H2,1-2H3/t19-/m1/s1. The quantitative estimate of drug-likeness (QED) is 0.343. The summed E-state index contributed by atoms with van der Waals surface area (Å²) in [4.78, 5) is 27.0. The maximum Gasteiger partial charge on any atom is 0.295 e. The van der Waals surface area contributed by atoms with E-state index >= 15 is 0 Å². The largest absolute Gasteiger partial charge is 0.507 e. The Balaban J connectivity index is 2.10. The number of hydrogen-bond acceptors (Lipinski definition) is 4. The minimum absolute atomic E-state index is 0.0913. The second-order valence-corrected chi connectivity index (χ2v) is 7.19. The van der Waals surface area contributed by atoms with Crippen molar-refractivity contribution in [1.82, 2.24) is 4.90 Å². The van der Waals surface area contributed by atoms with E-state index in [-0.39, 0.29) is 11.3 Å². The first-order valence-electron chi connectivity index (χ1n) is 9.04. The molecule has 1 amide bonds. The van der Waals surface area contributed by atoms with E-state index < -0.39 is 17.7 Å². The van der Waals surface area contributed by atoms with Crippen LogP contribution >= 0.6 is 11.6 Å². The topological polar surface area (TPSA) is 66.8 Å². The number of hydrogen-bond donors (Lipinski definition) is 1. The number of carbonyl (C=O) groups excluding carboxylic acids is 2. The molecule has 146 valence electrons. The second kappa shape index (κ2) is 8.59. The van der Waals surface area contributed by atoms with Crippen LogP contribution in [-0.4, -0.2) is 42.0 Å². The van der Waals surface area contributed by atoms with Crippen molar-refractivity contribution in [2.24, 2.45) is 0 Å². The van der Waals surface area contributed by atoms with Gasteiger partial charge in [-0.15, -0.1) is 0 Å². The number of aliphatic hydroxyl groups is 1. The molecule has 1 saturated heterocycles. The molecule has 1 heterocycles. The van der Waals surface area contributed by atoms with Gasteiger partial charge in [-0.2, -0.15) is 0 Å². The minimum Gasteiger partial charge on any atom is -0.507 e. The van der Waals surface area contributed by atoms with E-state index in [1.807, 2.05) is 19.1 Å². The molecule has 0 bridgehead atoms. The molecule has 3 rings (SSSR count). The van der Waals surface area contributed by atoms with E-state index in [2.05, 4.69) is 0 Å². The van der Waals surface area contributed by atoms with Crippen LogP contribution in [0.15, 0.2) is 54.1 Å². The van der Waals surface area contributed by atoms with E-state index in [1.54, 1.807) is 43.5 Å². The highest BCUT2D eigenvalue weighted by Crippen LogP contribution is 2.39. The van der Waals surface area contributed by atoms with E-state index in [1.165, 1.54) is 4.90 Å². The maximum atomic E-state index is 12.8. The average molecular weight is 400 g/mol. The number of carbonyl (C=O) groups is 2. The number of benzene rings is 2. The van der Waals surface area contributed by atoms with Crippen LogP contribution in [0.4, 0.5) is 0 Å². The highest BCUT2D eigenvalue weighted by molar-refractivity contribution is 6.46. The molecule has 2 aromatic carbocycles. The van der Waals surface area contributed by atoms with Crippen molar-refractivity contribution in [3.63, 3.8) is 0 Å². The molecule has 5 nitrogen and oxygen atoms in total. The third kappa shape index (κ3) is 3.96. The predicted octanol–water partition coefficient (Wildman–Crippen LogP) is 4.11. The Labute approximate surface area is 169 Å². The maximum absolute atomic E-state index is 12.8. The van der Waals surface area contributed by atoms with Gasteiger partial charge in [-0.25, -0.2) is 0 Å². The molecule has 0 saturated carbocycles. The minimum atomic E-state index is -0.685. The van der Waals surface area contributed by atoms with Crippen molar-refractivity contribution in [2.75, 3.05) is 20.3 Å². The Hall–Kier alpha value is -2.63. The molecule has 28 heavy (non-hydrogen) atoms. The molecule has 1 fully saturated rings. The number of amides is 1. The molecule has 1 N–H and O–H groups in total. The van der Waals surface area contributed by atoms with Gasteiger partial charge in [0.25, 0.3) is 11.7 Å². The van der Waals surface area contributed by atoms with Gasteiger partial charge in [-0.05, 0) is 31.0 Å². The Bertz CT molecular complexity index is 903. The lowest BCUT2D eigenvalue weighted by molar-refractivity contribution is -0.140. The number of halogens is 1. The zero-order valence-electron chi connectivity index (χ0n) is 15.8. The normalized spacial score (nSPS) is 18.7. The number of methoxy groups -OCH3 is 1. The van der Waals surface area contributed by atoms with Gasteiger partial charge in [0.15, 0.2) is 0 Å². The lowest BCUT2D eigenvalue weighted by atomic mass is 9.95. The monoisotopic (exact) mass is 399 g/mol. The molecule has 0 spiro atoms. The lowest BCUT2D eigenvalue weighted by Gasteiger charge is -2.25. The first-order valence-corrected chi connectivity index (χ1v) is 9.41. The Morgan fingerprint density at radius 1 is 1.11 bits per heavy atom. The highest BCUT2D eigenvalue weighted by Gasteiger charge is 2.45. The SMILES string of the molecule is COCCCN1C(=O)C(=O)C(=C(O)c2ccc(C)cc2)[C@H]1c1ccc(Cl)cc1. The molecular weight excluding hydrogens is 378 g/mol. The Morgan fingerprint density at radius 2 is 1.75 bits per heavy atom. The van der Waals surface area contributed by atoms with Gasteiger partial charge in [0.2, 0.25) is 0 Å². The van der Waals surface area contributed by atoms with Crippen LogP contribution in [0.1, 0.15) is 29.2 Å². The second-order valence-electron chi connectivity index (χ2n) is 6.76. The summed E-state index contributed by atoms with van der Waals surface area (Å²) in [6, 6.07) is 13.5. The fourth-order valence-electron chi connectivity index (χ4n) is 3.35. The number of nitrogens with zero attached hydrogens (tertiary/aromatic N) is 1. The van der Waals surface area contributed by atoms with E-state index in [9.17, 15) is 14.7 Å². The average Bonchev–Trinajstić information content (AvgIpc) is 2.94. The summed E-state index contributed by atoms with van der Waals surface area (Å²) in [5.74, 6) is -1.48. The van der Waals surface area contributed by atoms with Crippen LogP contribution in [0, 0.1) is 6.92 Å². The predicted molar refractivity (Wildman–Crippen MR) is 108 cm³/mol. The summed E-state index contributed by atoms with van der Waals surface area (Å²) < 4.78 is 5.07. The number of aryl methyl sites for hydroxylation is 1. The number of ketones is 1. The summed E-state index contributed by atoms with van der Waals surface area (Å²) in [7, 11) is 1.59. The van der Waals surface area contributed by atoms with Gasteiger partial charge in [-0.3, -0.25) is 9.59 Å². The molecule has 0 aliphatic carbocycles. The summed E-state index contributed by atoms with van der Waals surface area (Å²) in [6.45, 7) is 2.75. The number of ether oxygens (including phenoxy) is 1. The molecule has 0 radical (unpaired) electrons. The third-order valence-electron chi connectivity index (χ3n) is 4.80. The first kappa shape index (κ1) is 20.1. The van der Waals surface area contributed by atoms with Crippen LogP contribution in [-0.2, 0) is 14.3 Å². The van der Waals surface area contributed by atoms with Crippen molar-refractivity contribution in [3.8, 4) is 0 Å². The molecular formula is C22H22ClNO4. The molecule has 6 heteroatoms. The van der Waals surface area contributed by atoms with Gasteiger partial charge >= 0.3 is 0 Å². The van der Waals surface area contributed by atoms with Crippen LogP contribution < -0.4 is 0 Å². The van der Waals surface area contributed by atoms with Crippen molar-refractivity contribution in [2.45, 2.75) is 19.4 Å². The Kier molecular flexibility index (Phi) is 6.17. The molecule has 0 unspecified atom stereocenters. The van der Waals surface area contributed by atoms with Crippen molar-refractivity contribution < 1.29 is 19.4 Å². The summed E-state index contributed by atoms with van der Waals surface area (Å²) in [6.07, 6.45) is 0.582. The van der Waals surface area contributed by atoms with Crippen molar-refractivity contribution in [1.29, 1.82) is 0 Å². The smallest absolute Gasteiger partial charge is 0.295 e. The fourth-order valence-corrected chi connectivity index (χ4v) is 3.47. The first-order chi connectivity index (χ1) is 13.4. The zero-order chi connectivity index (χ0) is 20.3. The number of Topliss-reactive ketones (excluding diaryl/α,β-unsaturated/α-hetero) is 1. The van der Waals surface area contributed by atoms with E-state index in [0.29, 0.717) is 30.2 Å². The number of rotatable bonds is 6. The summed E-state index contributed by atoms with van der Waals surface area (Å²) >= 11 is 6.00. The lowest BCUT2D eigenvalue weighted by Crippen LogP contribution is -2.31. The molecule has 1 aliphatic rings. The molecule has 2 aromatic rings. The third-order valence-corrected chi connectivity index (χ3v) is 5.05. The van der Waals surface area contributed by atoms with E-state index in [0.717, 1.165) is 11.1 Å². The van der Waals surface area contributed by atoms with Gasteiger partial charge in [0.05, 0.1) is 11.6 Å². The Morgan fingerprint density at radius 3 is 2.36 bits per heavy atom.